The van der Waals surface area contributed by atoms with E-state index in [0.29, 0.717) is 30.5 Å². The molecule has 176 valence electrons. The number of carbonyl (C=O) groups excluding carboxylic acids is 1. The van der Waals surface area contributed by atoms with E-state index >= 15 is 0 Å². The standard InChI is InChI=1S/C25H23F3N4O2/c1-15-7-10-31(22(34)12-16-4-2-3-5-19(16)25(26,27)28)14-20(15)32-11-8-21(33)18-13-30-24-17(23(18)32)6-9-29-24/h2-6,8-9,11,13,15,20H,7,10,12,14H2,1H3,(H,29,30)/t15-,20+/m1/s1. The average molecular weight is 468 g/mol. The number of alkyl halides is 3. The molecule has 1 saturated heterocycles. The summed E-state index contributed by atoms with van der Waals surface area (Å²) in [6, 6.07) is 8.43. The number of nitrogens with zero attached hydrogens (tertiary/aromatic N) is 3. The number of aromatic nitrogens is 3. The van der Waals surface area contributed by atoms with Gasteiger partial charge in [0.1, 0.15) is 5.65 Å². The van der Waals surface area contributed by atoms with Crippen LogP contribution in [0.5, 0.6) is 0 Å². The van der Waals surface area contributed by atoms with Gasteiger partial charge in [-0.2, -0.15) is 13.2 Å². The minimum Gasteiger partial charge on any atom is -0.346 e. The van der Waals surface area contributed by atoms with Crippen LogP contribution in [0.3, 0.4) is 0 Å². The third-order valence-electron chi connectivity index (χ3n) is 6.76. The minimum atomic E-state index is -4.51. The third-order valence-corrected chi connectivity index (χ3v) is 6.76. The Morgan fingerprint density at radius 3 is 2.76 bits per heavy atom. The van der Waals surface area contributed by atoms with Gasteiger partial charge in [-0.25, -0.2) is 4.98 Å². The van der Waals surface area contributed by atoms with Crippen molar-refractivity contribution in [3.8, 4) is 0 Å². The number of likely N-dealkylation sites (tertiary alicyclic amines) is 1. The number of H-pyrrole nitrogens is 1. The lowest BCUT2D eigenvalue weighted by Gasteiger charge is -2.39. The highest BCUT2D eigenvalue weighted by Gasteiger charge is 2.35. The molecule has 0 aliphatic carbocycles. The Morgan fingerprint density at radius 2 is 1.97 bits per heavy atom. The van der Waals surface area contributed by atoms with Crippen molar-refractivity contribution in [1.82, 2.24) is 19.4 Å². The van der Waals surface area contributed by atoms with Gasteiger partial charge in [-0.15, -0.1) is 0 Å². The maximum Gasteiger partial charge on any atom is 0.416 e. The number of pyridine rings is 2. The van der Waals surface area contributed by atoms with Gasteiger partial charge < -0.3 is 14.5 Å². The van der Waals surface area contributed by atoms with Gasteiger partial charge >= 0.3 is 6.18 Å². The van der Waals surface area contributed by atoms with Crippen molar-refractivity contribution >= 4 is 27.8 Å². The zero-order valence-corrected chi connectivity index (χ0v) is 18.5. The van der Waals surface area contributed by atoms with Gasteiger partial charge in [-0.3, -0.25) is 9.59 Å². The molecule has 1 aliphatic heterocycles. The van der Waals surface area contributed by atoms with Gasteiger partial charge in [-0.05, 0) is 30.0 Å². The molecular weight excluding hydrogens is 445 g/mol. The van der Waals surface area contributed by atoms with E-state index in [1.807, 2.05) is 10.6 Å². The van der Waals surface area contributed by atoms with Crippen molar-refractivity contribution in [2.24, 2.45) is 5.92 Å². The van der Waals surface area contributed by atoms with E-state index in [9.17, 15) is 22.8 Å². The first-order valence-electron chi connectivity index (χ1n) is 11.1. The Morgan fingerprint density at radius 1 is 1.18 bits per heavy atom. The van der Waals surface area contributed by atoms with Gasteiger partial charge in [0.25, 0.3) is 0 Å². The zero-order chi connectivity index (χ0) is 24.0. The number of halogens is 3. The van der Waals surface area contributed by atoms with Crippen LogP contribution in [0.15, 0.2) is 59.8 Å². The smallest absolute Gasteiger partial charge is 0.346 e. The summed E-state index contributed by atoms with van der Waals surface area (Å²) in [7, 11) is 0. The zero-order valence-electron chi connectivity index (χ0n) is 18.5. The van der Waals surface area contributed by atoms with E-state index in [0.717, 1.165) is 17.0 Å². The predicted molar refractivity (Wildman–Crippen MR) is 122 cm³/mol. The Kier molecular flexibility index (Phi) is 5.42. The van der Waals surface area contributed by atoms with Crippen LogP contribution < -0.4 is 5.43 Å². The highest BCUT2D eigenvalue weighted by Crippen LogP contribution is 2.34. The van der Waals surface area contributed by atoms with Gasteiger partial charge in [0.2, 0.25) is 5.91 Å². The van der Waals surface area contributed by atoms with Gasteiger partial charge in [-0.1, -0.05) is 25.1 Å². The Bertz CT molecular complexity index is 1440. The molecular formula is C25H23F3N4O2. The van der Waals surface area contributed by atoms with E-state index in [1.165, 1.54) is 24.3 Å². The number of hydrogen-bond donors (Lipinski definition) is 1. The summed E-state index contributed by atoms with van der Waals surface area (Å²) in [4.78, 5) is 34.7. The van der Waals surface area contributed by atoms with Crippen LogP contribution in [0.1, 0.15) is 30.5 Å². The monoisotopic (exact) mass is 468 g/mol. The SMILES string of the molecule is C[C@@H]1CCN(C(=O)Cc2ccccc2C(F)(F)F)C[C@@H]1n1ccc(=O)c2cnc3[nH]ccc3c21. The Labute approximate surface area is 193 Å². The lowest BCUT2D eigenvalue weighted by molar-refractivity contribution is -0.139. The second-order valence-electron chi connectivity index (χ2n) is 8.85. The Balaban J connectivity index is 1.49. The van der Waals surface area contributed by atoms with E-state index in [-0.39, 0.29) is 35.3 Å². The maximum atomic E-state index is 13.4. The normalized spacial score (nSPS) is 19.1. The van der Waals surface area contributed by atoms with Crippen LogP contribution in [-0.4, -0.2) is 38.4 Å². The molecule has 1 aromatic carbocycles. The summed E-state index contributed by atoms with van der Waals surface area (Å²) >= 11 is 0. The van der Waals surface area contributed by atoms with Crippen LogP contribution >= 0.6 is 0 Å². The molecule has 6 nitrogen and oxygen atoms in total. The lowest BCUT2D eigenvalue weighted by atomic mass is 9.92. The van der Waals surface area contributed by atoms with Gasteiger partial charge in [0, 0.05) is 43.1 Å². The van der Waals surface area contributed by atoms with Crippen molar-refractivity contribution in [2.75, 3.05) is 13.1 Å². The number of fused-ring (bicyclic) bond motifs is 3. The highest BCUT2D eigenvalue weighted by molar-refractivity contribution is 6.02. The topological polar surface area (TPSA) is 71.0 Å². The first kappa shape index (κ1) is 22.2. The second-order valence-corrected chi connectivity index (χ2v) is 8.85. The molecule has 0 bridgehead atoms. The molecule has 4 aromatic rings. The molecule has 34 heavy (non-hydrogen) atoms. The number of carbonyl (C=O) groups is 1. The molecule has 4 heterocycles. The van der Waals surface area contributed by atoms with Crippen molar-refractivity contribution in [2.45, 2.75) is 32.0 Å². The molecule has 2 atom stereocenters. The second kappa shape index (κ2) is 8.30. The van der Waals surface area contributed by atoms with E-state index in [4.69, 9.17) is 0 Å². The van der Waals surface area contributed by atoms with Crippen LogP contribution in [0.2, 0.25) is 0 Å². The van der Waals surface area contributed by atoms with Crippen LogP contribution in [0.4, 0.5) is 13.2 Å². The number of piperidine rings is 1. The fourth-order valence-corrected chi connectivity index (χ4v) is 4.90. The number of rotatable bonds is 3. The maximum absolute atomic E-state index is 13.4. The molecule has 0 saturated carbocycles. The molecule has 0 radical (unpaired) electrons. The number of benzene rings is 1. The van der Waals surface area contributed by atoms with Crippen molar-refractivity contribution in [1.29, 1.82) is 0 Å². The summed E-state index contributed by atoms with van der Waals surface area (Å²) < 4.78 is 42.2. The summed E-state index contributed by atoms with van der Waals surface area (Å²) in [5, 5.41) is 1.30. The van der Waals surface area contributed by atoms with Gasteiger partial charge in [0.15, 0.2) is 5.43 Å². The third kappa shape index (κ3) is 3.85. The number of hydrogen-bond acceptors (Lipinski definition) is 3. The molecule has 1 fully saturated rings. The largest absolute Gasteiger partial charge is 0.416 e. The fraction of sp³-hybridized carbons (Fsp3) is 0.320. The van der Waals surface area contributed by atoms with Crippen molar-refractivity contribution in [3.63, 3.8) is 0 Å². The van der Waals surface area contributed by atoms with Gasteiger partial charge in [0.05, 0.1) is 28.9 Å². The predicted octanol–water partition coefficient (Wildman–Crippen LogP) is 4.55. The Hall–Kier alpha value is -3.62. The van der Waals surface area contributed by atoms with Crippen LogP contribution in [0.25, 0.3) is 21.9 Å². The molecule has 3 aromatic heterocycles. The molecule has 0 spiro atoms. The number of nitrogens with one attached hydrogen (secondary N) is 1. The van der Waals surface area contributed by atoms with Crippen LogP contribution in [0, 0.1) is 5.92 Å². The molecule has 1 N–H and O–H groups in total. The molecule has 0 unspecified atom stereocenters. The average Bonchev–Trinajstić information content (AvgIpc) is 3.29. The quantitative estimate of drug-likeness (QED) is 0.480. The first-order chi connectivity index (χ1) is 16.2. The minimum absolute atomic E-state index is 0.0240. The van der Waals surface area contributed by atoms with E-state index in [2.05, 4.69) is 16.9 Å². The first-order valence-corrected chi connectivity index (χ1v) is 11.1. The lowest BCUT2D eigenvalue weighted by Crippen LogP contribution is -2.44. The fourth-order valence-electron chi connectivity index (χ4n) is 4.90. The summed E-state index contributed by atoms with van der Waals surface area (Å²) in [5.41, 5.74) is 0.462. The number of amides is 1. The summed E-state index contributed by atoms with van der Waals surface area (Å²) in [5.74, 6) is -0.147. The van der Waals surface area contributed by atoms with Crippen molar-refractivity contribution in [3.05, 3.63) is 76.3 Å². The van der Waals surface area contributed by atoms with Crippen LogP contribution in [-0.2, 0) is 17.4 Å². The van der Waals surface area contributed by atoms with E-state index < -0.39 is 11.7 Å². The van der Waals surface area contributed by atoms with E-state index in [1.54, 1.807) is 23.5 Å². The molecule has 9 heteroatoms. The molecule has 5 rings (SSSR count). The molecule has 1 aliphatic rings. The summed E-state index contributed by atoms with van der Waals surface area (Å²) in [6.07, 6.45) is 0.931. The number of aromatic amines is 1. The summed E-state index contributed by atoms with van der Waals surface area (Å²) in [6.45, 7) is 2.91. The molecule has 1 amide bonds. The van der Waals surface area contributed by atoms with Crippen molar-refractivity contribution < 1.29 is 18.0 Å². The highest BCUT2D eigenvalue weighted by atomic mass is 19.4.